The molecule has 0 bridgehead atoms. The van der Waals surface area contributed by atoms with Crippen molar-refractivity contribution in [1.82, 2.24) is 10.2 Å². The molecule has 3 aromatic rings. The van der Waals surface area contributed by atoms with E-state index in [4.69, 9.17) is 5.73 Å². The van der Waals surface area contributed by atoms with Gasteiger partial charge in [-0.05, 0) is 18.6 Å². The number of nitrogens with zero attached hydrogens (tertiary/aromatic N) is 2. The van der Waals surface area contributed by atoms with E-state index in [-0.39, 0.29) is 11.5 Å². The Bertz CT molecular complexity index is 812. The zero-order valence-electron chi connectivity index (χ0n) is 11.0. The van der Waals surface area contributed by atoms with Crippen LogP contribution in [0.15, 0.2) is 48.5 Å². The summed E-state index contributed by atoms with van der Waals surface area (Å²) in [5.74, 6) is -0.196. The highest BCUT2D eigenvalue weighted by Crippen LogP contribution is 2.23. The van der Waals surface area contributed by atoms with Crippen molar-refractivity contribution < 1.29 is 4.79 Å². The molecule has 0 aliphatic carbocycles. The van der Waals surface area contributed by atoms with E-state index in [2.05, 4.69) is 10.2 Å². The van der Waals surface area contributed by atoms with Gasteiger partial charge in [-0.2, -0.15) is 0 Å². The van der Waals surface area contributed by atoms with Crippen molar-refractivity contribution in [2.24, 2.45) is 0 Å². The molecule has 1 aromatic heterocycles. The Labute approximate surface area is 116 Å². The van der Waals surface area contributed by atoms with Crippen LogP contribution in [0.25, 0.3) is 10.9 Å². The SMILES string of the molecule is Cc1ccccc1C(=O)c1nnc2ccccc2c1N. The van der Waals surface area contributed by atoms with Crippen LogP contribution < -0.4 is 5.73 Å². The van der Waals surface area contributed by atoms with Crippen LogP contribution in [0.4, 0.5) is 5.69 Å². The van der Waals surface area contributed by atoms with Crippen molar-refractivity contribution in [2.45, 2.75) is 6.92 Å². The van der Waals surface area contributed by atoms with Gasteiger partial charge in [0.05, 0.1) is 11.2 Å². The second-order valence-electron chi connectivity index (χ2n) is 4.62. The fourth-order valence-electron chi connectivity index (χ4n) is 2.20. The van der Waals surface area contributed by atoms with Gasteiger partial charge in [-0.3, -0.25) is 4.79 Å². The number of anilines is 1. The number of hydrogen-bond acceptors (Lipinski definition) is 4. The van der Waals surface area contributed by atoms with Gasteiger partial charge in [-0.25, -0.2) is 0 Å². The zero-order chi connectivity index (χ0) is 14.1. The van der Waals surface area contributed by atoms with Gasteiger partial charge in [0.15, 0.2) is 5.69 Å². The number of benzene rings is 2. The number of aromatic nitrogens is 2. The third kappa shape index (κ3) is 1.91. The van der Waals surface area contributed by atoms with Crippen molar-refractivity contribution in [2.75, 3.05) is 5.73 Å². The van der Waals surface area contributed by atoms with Gasteiger partial charge < -0.3 is 5.73 Å². The van der Waals surface area contributed by atoms with Gasteiger partial charge in [0, 0.05) is 10.9 Å². The lowest BCUT2D eigenvalue weighted by Crippen LogP contribution is -2.11. The summed E-state index contributed by atoms with van der Waals surface area (Å²) in [7, 11) is 0. The molecule has 0 saturated carbocycles. The van der Waals surface area contributed by atoms with Crippen LogP contribution in [-0.4, -0.2) is 16.0 Å². The van der Waals surface area contributed by atoms with Crippen molar-refractivity contribution in [3.8, 4) is 0 Å². The zero-order valence-corrected chi connectivity index (χ0v) is 11.0. The van der Waals surface area contributed by atoms with Gasteiger partial charge in [0.25, 0.3) is 0 Å². The number of rotatable bonds is 2. The van der Waals surface area contributed by atoms with E-state index in [0.29, 0.717) is 16.8 Å². The maximum atomic E-state index is 12.5. The molecule has 4 nitrogen and oxygen atoms in total. The molecule has 1 heterocycles. The third-order valence-electron chi connectivity index (χ3n) is 3.31. The molecule has 0 spiro atoms. The minimum Gasteiger partial charge on any atom is -0.396 e. The molecular formula is C16H13N3O. The number of fused-ring (bicyclic) bond motifs is 1. The summed E-state index contributed by atoms with van der Waals surface area (Å²) in [4.78, 5) is 12.5. The molecule has 4 heteroatoms. The molecule has 0 saturated heterocycles. The Kier molecular flexibility index (Phi) is 2.91. The van der Waals surface area contributed by atoms with Gasteiger partial charge in [0.1, 0.15) is 0 Å². The van der Waals surface area contributed by atoms with Crippen LogP contribution in [0.5, 0.6) is 0 Å². The summed E-state index contributed by atoms with van der Waals surface area (Å²) in [5, 5.41) is 8.82. The summed E-state index contributed by atoms with van der Waals surface area (Å²) in [5.41, 5.74) is 8.85. The van der Waals surface area contributed by atoms with E-state index >= 15 is 0 Å². The molecule has 0 amide bonds. The summed E-state index contributed by atoms with van der Waals surface area (Å²) in [6.45, 7) is 1.89. The van der Waals surface area contributed by atoms with Crippen LogP contribution >= 0.6 is 0 Å². The van der Waals surface area contributed by atoms with Crippen molar-refractivity contribution in [1.29, 1.82) is 0 Å². The molecule has 2 N–H and O–H groups in total. The van der Waals surface area contributed by atoms with Crippen LogP contribution in [0.1, 0.15) is 21.6 Å². The number of nitrogens with two attached hydrogens (primary N) is 1. The highest BCUT2D eigenvalue weighted by molar-refractivity contribution is 6.14. The van der Waals surface area contributed by atoms with Crippen molar-refractivity contribution in [3.63, 3.8) is 0 Å². The maximum absolute atomic E-state index is 12.5. The first-order valence-corrected chi connectivity index (χ1v) is 6.29. The summed E-state index contributed by atoms with van der Waals surface area (Å²) >= 11 is 0. The Hall–Kier alpha value is -2.75. The number of carbonyl (C=O) groups is 1. The first-order chi connectivity index (χ1) is 9.68. The minimum atomic E-state index is -0.196. The molecule has 98 valence electrons. The van der Waals surface area contributed by atoms with Crippen molar-refractivity contribution >= 4 is 22.4 Å². The van der Waals surface area contributed by atoms with E-state index in [0.717, 1.165) is 10.9 Å². The van der Waals surface area contributed by atoms with E-state index in [1.165, 1.54) is 0 Å². The average Bonchev–Trinajstić information content (AvgIpc) is 2.48. The largest absolute Gasteiger partial charge is 0.396 e. The maximum Gasteiger partial charge on any atom is 0.215 e. The lowest BCUT2D eigenvalue weighted by molar-refractivity contribution is 0.103. The van der Waals surface area contributed by atoms with Crippen molar-refractivity contribution in [3.05, 3.63) is 65.4 Å². The molecule has 2 aromatic carbocycles. The quantitative estimate of drug-likeness (QED) is 0.722. The molecule has 0 unspecified atom stereocenters. The lowest BCUT2D eigenvalue weighted by Gasteiger charge is -2.08. The first-order valence-electron chi connectivity index (χ1n) is 6.29. The normalized spacial score (nSPS) is 10.7. The van der Waals surface area contributed by atoms with Crippen LogP contribution in [0.3, 0.4) is 0 Å². The fourth-order valence-corrected chi connectivity index (χ4v) is 2.20. The highest BCUT2D eigenvalue weighted by atomic mass is 16.1. The molecule has 0 aliphatic rings. The molecular weight excluding hydrogens is 250 g/mol. The fraction of sp³-hybridized carbons (Fsp3) is 0.0625. The standard InChI is InChI=1S/C16H13N3O/c1-10-6-2-3-7-11(10)16(20)15-14(17)12-8-4-5-9-13(12)18-19-15/h2-9H,1H3,(H2,17,18). The Morgan fingerprint density at radius 3 is 2.50 bits per heavy atom. The number of nitrogen functional groups attached to an aromatic ring is 1. The average molecular weight is 263 g/mol. The van der Waals surface area contributed by atoms with Gasteiger partial charge >= 0.3 is 0 Å². The number of ketones is 1. The van der Waals surface area contributed by atoms with Crippen LogP contribution in [0, 0.1) is 6.92 Å². The highest BCUT2D eigenvalue weighted by Gasteiger charge is 2.18. The van der Waals surface area contributed by atoms with Gasteiger partial charge in [-0.15, -0.1) is 10.2 Å². The van der Waals surface area contributed by atoms with Gasteiger partial charge in [-0.1, -0.05) is 42.5 Å². The van der Waals surface area contributed by atoms with Crippen LogP contribution in [0.2, 0.25) is 0 Å². The second-order valence-corrected chi connectivity index (χ2v) is 4.62. The van der Waals surface area contributed by atoms with E-state index in [9.17, 15) is 4.79 Å². The number of aryl methyl sites for hydroxylation is 1. The predicted molar refractivity (Wildman–Crippen MR) is 78.6 cm³/mol. The number of carbonyl (C=O) groups excluding carboxylic acids is 1. The van der Waals surface area contributed by atoms with E-state index < -0.39 is 0 Å². The van der Waals surface area contributed by atoms with E-state index in [1.807, 2.05) is 49.4 Å². The first kappa shape index (κ1) is 12.3. The Morgan fingerprint density at radius 1 is 1.00 bits per heavy atom. The Morgan fingerprint density at radius 2 is 1.70 bits per heavy atom. The molecule has 0 radical (unpaired) electrons. The molecule has 0 fully saturated rings. The monoisotopic (exact) mass is 263 g/mol. The molecule has 3 rings (SSSR count). The topological polar surface area (TPSA) is 68.9 Å². The predicted octanol–water partition coefficient (Wildman–Crippen LogP) is 2.75. The molecule has 20 heavy (non-hydrogen) atoms. The smallest absolute Gasteiger partial charge is 0.215 e. The van der Waals surface area contributed by atoms with E-state index in [1.54, 1.807) is 6.07 Å². The molecule has 0 atom stereocenters. The summed E-state index contributed by atoms with van der Waals surface area (Å²) < 4.78 is 0. The number of hydrogen-bond donors (Lipinski definition) is 1. The minimum absolute atomic E-state index is 0.196. The van der Waals surface area contributed by atoms with Crippen LogP contribution in [-0.2, 0) is 0 Å². The Balaban J connectivity index is 2.18. The molecule has 0 aliphatic heterocycles. The summed E-state index contributed by atoms with van der Waals surface area (Å²) in [6, 6.07) is 14.8. The summed E-state index contributed by atoms with van der Waals surface area (Å²) in [6.07, 6.45) is 0. The van der Waals surface area contributed by atoms with Gasteiger partial charge in [0.2, 0.25) is 5.78 Å². The lowest BCUT2D eigenvalue weighted by atomic mass is 10.0. The second kappa shape index (κ2) is 4.74. The third-order valence-corrected chi connectivity index (χ3v) is 3.31.